The fraction of sp³-hybridized carbons (Fsp3) is 0.556. The van der Waals surface area contributed by atoms with E-state index in [1.165, 1.54) is 18.4 Å². The fourth-order valence-corrected chi connectivity index (χ4v) is 1.44. The summed E-state index contributed by atoms with van der Waals surface area (Å²) in [4.78, 5) is 2.01. The van der Waals surface area contributed by atoms with Gasteiger partial charge in [-0.3, -0.25) is 0 Å². The van der Waals surface area contributed by atoms with Crippen LogP contribution in [-0.4, -0.2) is 0 Å². The van der Waals surface area contributed by atoms with E-state index in [9.17, 15) is 0 Å². The van der Waals surface area contributed by atoms with Crippen molar-refractivity contribution in [1.29, 1.82) is 0 Å². The first-order valence-electron chi connectivity index (χ1n) is 3.62. The van der Waals surface area contributed by atoms with Gasteiger partial charge in [-0.2, -0.15) is 0 Å². The van der Waals surface area contributed by atoms with Gasteiger partial charge in [0.15, 0.2) is 0 Å². The molecule has 0 atom stereocenters. The van der Waals surface area contributed by atoms with Crippen LogP contribution in [0.4, 0.5) is 0 Å². The predicted molar refractivity (Wildman–Crippen MR) is 49.2 cm³/mol. The van der Waals surface area contributed by atoms with Gasteiger partial charge >= 0.3 is 0 Å². The average molecular weight is 201 g/mol. The molecule has 0 aliphatic heterocycles. The lowest BCUT2D eigenvalue weighted by Gasteiger charge is -2.24. The smallest absolute Gasteiger partial charge is 0.0157 e. The number of halogens is 1. The van der Waals surface area contributed by atoms with E-state index in [0.29, 0.717) is 5.41 Å². The van der Waals surface area contributed by atoms with Gasteiger partial charge in [0.05, 0.1) is 0 Å². The van der Waals surface area contributed by atoms with Gasteiger partial charge < -0.3 is 0 Å². The monoisotopic (exact) mass is 200 g/mol. The molecular formula is C9H13Br. The maximum Gasteiger partial charge on any atom is -0.0157 e. The van der Waals surface area contributed by atoms with Crippen molar-refractivity contribution in [3.8, 4) is 0 Å². The lowest BCUT2D eigenvalue weighted by Crippen LogP contribution is -2.10. The molecule has 0 spiro atoms. The molecule has 0 aromatic rings. The molecule has 1 aliphatic rings. The summed E-state index contributed by atoms with van der Waals surface area (Å²) in [7, 11) is 0. The maximum atomic E-state index is 3.34. The second-order valence-electron chi connectivity index (χ2n) is 3.51. The molecule has 0 saturated heterocycles. The minimum atomic E-state index is 0.416. The SMILES string of the molecule is CC1(C)C=C/C(=C/Br)CC1. The molecule has 0 amide bonds. The van der Waals surface area contributed by atoms with Crippen molar-refractivity contribution in [3.05, 3.63) is 22.7 Å². The third-order valence-electron chi connectivity index (χ3n) is 1.95. The highest BCUT2D eigenvalue weighted by Gasteiger charge is 2.17. The molecule has 10 heavy (non-hydrogen) atoms. The molecule has 1 heteroatoms. The fourth-order valence-electron chi connectivity index (χ4n) is 1.06. The average Bonchev–Trinajstić information content (AvgIpc) is 1.88. The predicted octanol–water partition coefficient (Wildman–Crippen LogP) is 3.64. The van der Waals surface area contributed by atoms with Gasteiger partial charge in [-0.15, -0.1) is 0 Å². The number of hydrogen-bond acceptors (Lipinski definition) is 0. The van der Waals surface area contributed by atoms with Crippen LogP contribution >= 0.6 is 15.9 Å². The van der Waals surface area contributed by atoms with E-state index in [-0.39, 0.29) is 0 Å². The second kappa shape index (κ2) is 2.91. The topological polar surface area (TPSA) is 0 Å². The van der Waals surface area contributed by atoms with E-state index < -0.39 is 0 Å². The lowest BCUT2D eigenvalue weighted by atomic mass is 9.82. The summed E-state index contributed by atoms with van der Waals surface area (Å²) in [6, 6.07) is 0. The molecule has 0 aromatic heterocycles. The normalized spacial score (nSPS) is 27.3. The van der Waals surface area contributed by atoms with E-state index in [2.05, 4.69) is 41.9 Å². The third kappa shape index (κ3) is 1.98. The van der Waals surface area contributed by atoms with Crippen LogP contribution in [0.1, 0.15) is 26.7 Å². The Hall–Kier alpha value is -0.0400. The summed E-state index contributed by atoms with van der Waals surface area (Å²) in [6.07, 6.45) is 6.96. The van der Waals surface area contributed by atoms with E-state index in [4.69, 9.17) is 0 Å². The minimum absolute atomic E-state index is 0.416. The number of rotatable bonds is 0. The van der Waals surface area contributed by atoms with Crippen molar-refractivity contribution in [2.75, 3.05) is 0 Å². The summed E-state index contributed by atoms with van der Waals surface area (Å²) in [5, 5.41) is 0. The van der Waals surface area contributed by atoms with Crippen LogP contribution < -0.4 is 0 Å². The van der Waals surface area contributed by atoms with Crippen LogP contribution in [0.3, 0.4) is 0 Å². The molecular weight excluding hydrogens is 188 g/mol. The Morgan fingerprint density at radius 3 is 2.70 bits per heavy atom. The van der Waals surface area contributed by atoms with Crippen LogP contribution in [0.2, 0.25) is 0 Å². The molecule has 0 unspecified atom stereocenters. The van der Waals surface area contributed by atoms with Gasteiger partial charge in [-0.25, -0.2) is 0 Å². The Balaban J connectivity index is 2.70. The standard InChI is InChI=1S/C9H13Br/c1-9(2)5-3-8(7-10)4-6-9/h3,5,7H,4,6H2,1-2H3/b8-7-. The molecule has 1 aliphatic carbocycles. The Bertz CT molecular complexity index is 175. The van der Waals surface area contributed by atoms with Gasteiger partial charge in [-0.05, 0) is 28.8 Å². The van der Waals surface area contributed by atoms with Crippen LogP contribution in [-0.2, 0) is 0 Å². The van der Waals surface area contributed by atoms with E-state index in [1.807, 2.05) is 4.99 Å². The van der Waals surface area contributed by atoms with Crippen LogP contribution in [0.25, 0.3) is 0 Å². The Morgan fingerprint density at radius 1 is 1.60 bits per heavy atom. The third-order valence-corrected chi connectivity index (χ3v) is 2.53. The van der Waals surface area contributed by atoms with Crippen molar-refractivity contribution in [2.45, 2.75) is 26.7 Å². The summed E-state index contributed by atoms with van der Waals surface area (Å²) >= 11 is 3.34. The highest BCUT2D eigenvalue weighted by atomic mass is 79.9. The van der Waals surface area contributed by atoms with Crippen LogP contribution in [0.5, 0.6) is 0 Å². The zero-order valence-corrected chi connectivity index (χ0v) is 8.11. The van der Waals surface area contributed by atoms with Crippen LogP contribution in [0, 0.1) is 5.41 Å². The molecule has 0 fully saturated rings. The van der Waals surface area contributed by atoms with Crippen molar-refractivity contribution >= 4 is 15.9 Å². The zero-order valence-electron chi connectivity index (χ0n) is 6.52. The van der Waals surface area contributed by atoms with Gasteiger partial charge in [-0.1, -0.05) is 41.9 Å². The largest absolute Gasteiger partial charge is 0.0786 e. The van der Waals surface area contributed by atoms with Gasteiger partial charge in [0.1, 0.15) is 0 Å². The Kier molecular flexibility index (Phi) is 2.35. The molecule has 0 aromatic carbocycles. The summed E-state index contributed by atoms with van der Waals surface area (Å²) in [5.74, 6) is 0. The van der Waals surface area contributed by atoms with Gasteiger partial charge in [0.2, 0.25) is 0 Å². The van der Waals surface area contributed by atoms with Crippen molar-refractivity contribution < 1.29 is 0 Å². The molecule has 0 nitrogen and oxygen atoms in total. The quantitative estimate of drug-likeness (QED) is 0.561. The molecule has 0 bridgehead atoms. The van der Waals surface area contributed by atoms with Crippen molar-refractivity contribution in [3.63, 3.8) is 0 Å². The summed E-state index contributed by atoms with van der Waals surface area (Å²) in [6.45, 7) is 4.54. The molecule has 1 rings (SSSR count). The first kappa shape index (κ1) is 8.06. The zero-order chi connectivity index (χ0) is 7.61. The Morgan fingerprint density at radius 2 is 2.30 bits per heavy atom. The van der Waals surface area contributed by atoms with E-state index >= 15 is 0 Å². The highest BCUT2D eigenvalue weighted by molar-refractivity contribution is 9.11. The molecule has 0 heterocycles. The van der Waals surface area contributed by atoms with Crippen LogP contribution in [0.15, 0.2) is 22.7 Å². The lowest BCUT2D eigenvalue weighted by molar-refractivity contribution is 0.428. The van der Waals surface area contributed by atoms with Crippen molar-refractivity contribution in [2.24, 2.45) is 5.41 Å². The van der Waals surface area contributed by atoms with Crippen molar-refractivity contribution in [1.82, 2.24) is 0 Å². The molecule has 56 valence electrons. The van der Waals surface area contributed by atoms with Gasteiger partial charge in [0, 0.05) is 0 Å². The van der Waals surface area contributed by atoms with E-state index in [0.717, 1.165) is 0 Å². The number of allylic oxidation sites excluding steroid dienone is 3. The highest BCUT2D eigenvalue weighted by Crippen LogP contribution is 2.31. The first-order chi connectivity index (χ1) is 4.64. The maximum absolute atomic E-state index is 3.34. The number of hydrogen-bond donors (Lipinski definition) is 0. The Labute approximate surface area is 71.1 Å². The molecule has 0 N–H and O–H groups in total. The second-order valence-corrected chi connectivity index (χ2v) is 3.96. The minimum Gasteiger partial charge on any atom is -0.0786 e. The van der Waals surface area contributed by atoms with E-state index in [1.54, 1.807) is 0 Å². The summed E-state index contributed by atoms with van der Waals surface area (Å²) in [5.41, 5.74) is 1.82. The van der Waals surface area contributed by atoms with Gasteiger partial charge in [0.25, 0.3) is 0 Å². The first-order valence-corrected chi connectivity index (χ1v) is 4.54. The molecule has 0 radical (unpaired) electrons. The summed E-state index contributed by atoms with van der Waals surface area (Å²) < 4.78 is 0. The molecule has 0 saturated carbocycles.